The summed E-state index contributed by atoms with van der Waals surface area (Å²) in [5.41, 5.74) is 9.60. The van der Waals surface area contributed by atoms with Gasteiger partial charge in [0.15, 0.2) is 0 Å². The van der Waals surface area contributed by atoms with Crippen LogP contribution in [0, 0.1) is 6.92 Å². The molecular weight excluding hydrogens is 756 g/mol. The first-order valence-corrected chi connectivity index (χ1v) is 24.8. The normalized spacial score (nSPS) is 16.2. The van der Waals surface area contributed by atoms with E-state index in [9.17, 15) is 0 Å². The molecule has 0 aliphatic carbocycles. The zero-order valence-corrected chi connectivity index (χ0v) is 40.4. The molecule has 0 saturated carbocycles. The van der Waals surface area contributed by atoms with E-state index in [0.717, 1.165) is 114 Å². The van der Waals surface area contributed by atoms with E-state index in [1.54, 1.807) is 0 Å². The van der Waals surface area contributed by atoms with Crippen LogP contribution in [0.5, 0.6) is 23.0 Å². The minimum absolute atomic E-state index is 0.0683. The van der Waals surface area contributed by atoms with Crippen LogP contribution >= 0.6 is 7.92 Å². The van der Waals surface area contributed by atoms with Crippen molar-refractivity contribution in [1.82, 2.24) is 0 Å². The average Bonchev–Trinajstić information content (AvgIpc) is 3.18. The largest absolute Gasteiger partial charge is 0.494 e. The van der Waals surface area contributed by atoms with Gasteiger partial charge < -0.3 is 18.9 Å². The highest BCUT2D eigenvalue weighted by molar-refractivity contribution is 7.69. The van der Waals surface area contributed by atoms with Crippen molar-refractivity contribution in [3.05, 3.63) is 101 Å². The maximum absolute atomic E-state index is 6.95. The Morgan fingerprint density at radius 1 is 0.450 bits per heavy atom. The van der Waals surface area contributed by atoms with Gasteiger partial charge >= 0.3 is 0 Å². The Morgan fingerprint density at radius 3 is 1.25 bits per heavy atom. The summed E-state index contributed by atoms with van der Waals surface area (Å²) in [5, 5.41) is 1.56. The van der Waals surface area contributed by atoms with Gasteiger partial charge in [0.25, 0.3) is 0 Å². The van der Waals surface area contributed by atoms with Gasteiger partial charge in [-0.05, 0) is 188 Å². The minimum atomic E-state index is -0.662. The second-order valence-corrected chi connectivity index (χ2v) is 23.6. The van der Waals surface area contributed by atoms with Crippen LogP contribution in [0.3, 0.4) is 0 Å². The van der Waals surface area contributed by atoms with Crippen molar-refractivity contribution in [1.29, 1.82) is 0 Å². The third kappa shape index (κ3) is 13.8. The summed E-state index contributed by atoms with van der Waals surface area (Å²) in [4.78, 5) is 0. The smallest absolute Gasteiger partial charge is 0.127 e. The lowest BCUT2D eigenvalue weighted by Crippen LogP contribution is -2.33. The van der Waals surface area contributed by atoms with E-state index < -0.39 is 7.92 Å². The molecule has 8 rings (SSSR count). The fourth-order valence-corrected chi connectivity index (χ4v) is 13.2. The Morgan fingerprint density at radius 2 is 0.850 bits per heavy atom. The summed E-state index contributed by atoms with van der Waals surface area (Å²) in [6, 6.07) is 26.8. The highest BCUT2D eigenvalue weighted by Crippen LogP contribution is 2.62. The van der Waals surface area contributed by atoms with Gasteiger partial charge in [-0.1, -0.05) is 107 Å². The van der Waals surface area contributed by atoms with Crippen LogP contribution < -0.4 is 24.3 Å². The molecule has 0 unspecified atom stereocenters. The molecule has 4 heterocycles. The molecule has 0 radical (unpaired) electrons. The quantitative estimate of drug-likeness (QED) is 0.193. The summed E-state index contributed by atoms with van der Waals surface area (Å²) < 4.78 is 25.8. The molecular formula is C55H79O4P. The fraction of sp³-hybridized carbons (Fsp3) is 0.564. The molecule has 0 spiro atoms. The van der Waals surface area contributed by atoms with E-state index in [2.05, 4.69) is 149 Å². The van der Waals surface area contributed by atoms with E-state index in [4.69, 9.17) is 18.9 Å². The van der Waals surface area contributed by atoms with Gasteiger partial charge in [-0.15, -0.1) is 0 Å². The van der Waals surface area contributed by atoms with Gasteiger partial charge in [0, 0.05) is 5.30 Å². The van der Waals surface area contributed by atoms with Crippen molar-refractivity contribution >= 4 is 13.2 Å². The van der Waals surface area contributed by atoms with Crippen LogP contribution in [0.2, 0.25) is 0 Å². The summed E-state index contributed by atoms with van der Waals surface area (Å²) in [7, 11) is -0.662. The molecule has 4 aliphatic rings. The molecule has 0 atom stereocenters. The van der Waals surface area contributed by atoms with Gasteiger partial charge in [-0.25, -0.2) is 0 Å². The molecule has 5 heteroatoms. The van der Waals surface area contributed by atoms with Gasteiger partial charge in [0.2, 0.25) is 0 Å². The first kappa shape index (κ1) is 47.6. The molecule has 0 aromatic heterocycles. The SMILES string of the molecule is Cc1ccc2c(P(C(C)(C)C)C(C)(C)C)c1-c1c(C(C)C)cc(cc1C(C)C)OCCCCCCOc1ccc(cc1)CCCCc1ccc(cc1)OCCCCCCO2. The number of rotatable bonds is 3. The number of aryl methyl sites for hydroxylation is 3. The zero-order valence-electron chi connectivity index (χ0n) is 39.5. The zero-order chi connectivity index (χ0) is 43.3. The van der Waals surface area contributed by atoms with Crippen molar-refractivity contribution in [3.8, 4) is 34.1 Å². The topological polar surface area (TPSA) is 36.9 Å². The third-order valence-corrected chi connectivity index (χ3v) is 15.3. The number of hydrogen-bond donors (Lipinski definition) is 0. The summed E-state index contributed by atoms with van der Waals surface area (Å²) in [6.07, 6.45) is 13.2. The van der Waals surface area contributed by atoms with Crippen LogP contribution in [-0.2, 0) is 12.8 Å². The lowest BCUT2D eigenvalue weighted by molar-refractivity contribution is 0.287. The molecule has 4 nitrogen and oxygen atoms in total. The van der Waals surface area contributed by atoms with Crippen molar-refractivity contribution in [2.45, 2.75) is 175 Å². The second-order valence-electron chi connectivity index (χ2n) is 19.8. The molecule has 328 valence electrons. The summed E-state index contributed by atoms with van der Waals surface area (Å²) in [5.74, 6) is 4.66. The Kier molecular flexibility index (Phi) is 17.9. The number of benzene rings is 4. The Labute approximate surface area is 367 Å². The summed E-state index contributed by atoms with van der Waals surface area (Å²) in [6.45, 7) is 29.2. The van der Waals surface area contributed by atoms with Gasteiger partial charge in [0.05, 0.1) is 26.4 Å². The van der Waals surface area contributed by atoms with E-state index in [-0.39, 0.29) is 10.3 Å². The highest BCUT2D eigenvalue weighted by atomic mass is 31.1. The van der Waals surface area contributed by atoms with Crippen molar-refractivity contribution in [3.63, 3.8) is 0 Å². The molecule has 0 amide bonds. The highest BCUT2D eigenvalue weighted by Gasteiger charge is 2.40. The third-order valence-electron chi connectivity index (χ3n) is 11.8. The maximum Gasteiger partial charge on any atom is 0.127 e. The predicted octanol–water partition coefficient (Wildman–Crippen LogP) is 15.5. The lowest BCUT2D eigenvalue weighted by Gasteiger charge is -2.44. The van der Waals surface area contributed by atoms with Crippen LogP contribution in [0.25, 0.3) is 11.1 Å². The predicted molar refractivity (Wildman–Crippen MR) is 259 cm³/mol. The molecule has 0 saturated heterocycles. The first-order valence-electron chi connectivity index (χ1n) is 23.4. The van der Waals surface area contributed by atoms with Crippen molar-refractivity contribution in [2.75, 3.05) is 26.4 Å². The van der Waals surface area contributed by atoms with E-state index >= 15 is 0 Å². The Balaban J connectivity index is 1.42. The molecule has 8 bridgehead atoms. The van der Waals surface area contributed by atoms with Gasteiger partial charge in [-0.3, -0.25) is 0 Å². The molecule has 0 N–H and O–H groups in total. The standard InChI is InChI=1S/C55H79O4P/c1-40(2)48-38-47-39-49(41(3)4)52(48)51-42(5)24-33-50(53(51)60(54(6,7)8)55(9,10)11)59-37-21-15-14-19-35-57-46-31-27-44(28-32-46)23-17-16-22-43-25-29-45(30-26-43)56-34-18-12-13-20-36-58-47/h24-33,38-41H,12-23,34-37H2,1-11H3. The maximum atomic E-state index is 6.95. The van der Waals surface area contributed by atoms with Crippen LogP contribution in [-0.4, -0.2) is 36.7 Å². The molecule has 4 aromatic rings. The van der Waals surface area contributed by atoms with Crippen molar-refractivity contribution < 1.29 is 18.9 Å². The number of hydrogen-bond acceptors (Lipinski definition) is 4. The van der Waals surface area contributed by atoms with Crippen LogP contribution in [0.1, 0.15) is 173 Å². The Bertz CT molecular complexity index is 1850. The van der Waals surface area contributed by atoms with E-state index in [1.807, 2.05) is 0 Å². The molecule has 0 fully saturated rings. The van der Waals surface area contributed by atoms with Gasteiger partial charge in [0.1, 0.15) is 23.0 Å². The fourth-order valence-electron chi connectivity index (χ4n) is 8.98. The molecule has 4 aromatic carbocycles. The first-order chi connectivity index (χ1) is 28.6. The van der Waals surface area contributed by atoms with E-state index in [1.165, 1.54) is 57.1 Å². The second kappa shape index (κ2) is 22.6. The monoisotopic (exact) mass is 835 g/mol. The van der Waals surface area contributed by atoms with Gasteiger partial charge in [-0.2, -0.15) is 0 Å². The van der Waals surface area contributed by atoms with E-state index in [0.29, 0.717) is 11.8 Å². The van der Waals surface area contributed by atoms with Crippen LogP contribution in [0.15, 0.2) is 72.8 Å². The lowest BCUT2D eigenvalue weighted by atomic mass is 9.83. The molecule has 4 aliphatic heterocycles. The molecule has 60 heavy (non-hydrogen) atoms. The average molecular weight is 835 g/mol. The number of fused-ring (bicyclic) bond motifs is 3. The number of ether oxygens (including phenoxy) is 4. The van der Waals surface area contributed by atoms with Crippen LogP contribution in [0.4, 0.5) is 0 Å². The minimum Gasteiger partial charge on any atom is -0.494 e. The Hall–Kier alpha value is -3.49. The summed E-state index contributed by atoms with van der Waals surface area (Å²) >= 11 is 0. The van der Waals surface area contributed by atoms with Crippen molar-refractivity contribution in [2.24, 2.45) is 0 Å².